The number of nitrogens with zero attached hydrogens (tertiary/aromatic N) is 2. The van der Waals surface area contributed by atoms with Gasteiger partial charge in [-0.1, -0.05) is 24.4 Å². The maximum Gasteiger partial charge on any atom is 0.225 e. The summed E-state index contributed by atoms with van der Waals surface area (Å²) < 4.78 is 5.11. The molecule has 1 aliphatic carbocycles. The van der Waals surface area contributed by atoms with Crippen molar-refractivity contribution in [3.05, 3.63) is 17.0 Å². The normalized spacial score (nSPS) is 18.0. The Morgan fingerprint density at radius 2 is 2.00 bits per heavy atom. The van der Waals surface area contributed by atoms with Crippen LogP contribution >= 0.6 is 0 Å². The van der Waals surface area contributed by atoms with Crippen molar-refractivity contribution in [2.75, 3.05) is 7.05 Å². The van der Waals surface area contributed by atoms with Gasteiger partial charge in [0.1, 0.15) is 5.76 Å². The molecule has 20 heavy (non-hydrogen) atoms. The van der Waals surface area contributed by atoms with E-state index < -0.39 is 5.60 Å². The van der Waals surface area contributed by atoms with Crippen LogP contribution in [0.25, 0.3) is 0 Å². The molecule has 1 aromatic heterocycles. The van der Waals surface area contributed by atoms with Gasteiger partial charge in [-0.05, 0) is 26.7 Å². The zero-order valence-corrected chi connectivity index (χ0v) is 12.6. The van der Waals surface area contributed by atoms with Gasteiger partial charge in [0.05, 0.1) is 24.3 Å². The molecule has 0 bridgehead atoms. The van der Waals surface area contributed by atoms with Gasteiger partial charge in [0.2, 0.25) is 5.91 Å². The molecule has 0 atom stereocenters. The molecule has 1 heterocycles. The molecule has 0 aromatic carbocycles. The molecule has 0 aliphatic heterocycles. The second-order valence-corrected chi connectivity index (χ2v) is 6.01. The van der Waals surface area contributed by atoms with Crippen LogP contribution in [-0.4, -0.2) is 33.7 Å². The lowest BCUT2D eigenvalue weighted by Gasteiger charge is -2.32. The molecule has 0 radical (unpaired) electrons. The first kappa shape index (κ1) is 15.0. The first-order chi connectivity index (χ1) is 9.41. The second kappa shape index (κ2) is 5.95. The minimum absolute atomic E-state index is 0.0191. The van der Waals surface area contributed by atoms with E-state index in [1.807, 2.05) is 13.8 Å². The molecule has 112 valence electrons. The molecule has 5 nitrogen and oxygen atoms in total. The summed E-state index contributed by atoms with van der Waals surface area (Å²) in [4.78, 5) is 13.9. The van der Waals surface area contributed by atoms with Gasteiger partial charge in [0, 0.05) is 12.6 Å². The van der Waals surface area contributed by atoms with E-state index in [0.717, 1.165) is 49.1 Å². The molecule has 5 heteroatoms. The highest BCUT2D eigenvalue weighted by Gasteiger charge is 2.32. The maximum absolute atomic E-state index is 12.3. The fraction of sp³-hybridized carbons (Fsp3) is 0.733. The van der Waals surface area contributed by atoms with E-state index in [-0.39, 0.29) is 12.3 Å². The average molecular weight is 280 g/mol. The lowest BCUT2D eigenvalue weighted by molar-refractivity contribution is -0.137. The number of amides is 1. The zero-order valence-electron chi connectivity index (χ0n) is 12.6. The molecule has 1 N–H and O–H groups in total. The van der Waals surface area contributed by atoms with Gasteiger partial charge >= 0.3 is 0 Å². The summed E-state index contributed by atoms with van der Waals surface area (Å²) in [7, 11) is 1.76. The third-order valence-electron chi connectivity index (χ3n) is 4.27. The number of rotatable bonds is 4. The molecule has 1 aliphatic rings. The lowest BCUT2D eigenvalue weighted by Crippen LogP contribution is -2.39. The van der Waals surface area contributed by atoms with E-state index in [0.29, 0.717) is 6.54 Å². The average Bonchev–Trinajstić information content (AvgIpc) is 2.70. The fourth-order valence-electron chi connectivity index (χ4n) is 2.86. The van der Waals surface area contributed by atoms with Crippen molar-refractivity contribution >= 4 is 5.91 Å². The van der Waals surface area contributed by atoms with Crippen molar-refractivity contribution in [3.63, 3.8) is 0 Å². The first-order valence-electron chi connectivity index (χ1n) is 7.29. The maximum atomic E-state index is 12.3. The topological polar surface area (TPSA) is 66.6 Å². The van der Waals surface area contributed by atoms with E-state index in [1.54, 1.807) is 11.9 Å². The van der Waals surface area contributed by atoms with E-state index >= 15 is 0 Å². The molecule has 1 saturated carbocycles. The molecule has 0 unspecified atom stereocenters. The molecular formula is C15H24N2O3. The lowest BCUT2D eigenvalue weighted by atomic mass is 9.82. The van der Waals surface area contributed by atoms with Crippen LogP contribution in [0.1, 0.15) is 55.5 Å². The SMILES string of the molecule is Cc1noc(C)c1CN(C)C(=O)CC1(O)CCCCC1. The smallest absolute Gasteiger partial charge is 0.225 e. The molecule has 0 spiro atoms. The number of hydrogen-bond donors (Lipinski definition) is 1. The summed E-state index contributed by atoms with van der Waals surface area (Å²) in [6.07, 6.45) is 4.86. The van der Waals surface area contributed by atoms with E-state index in [2.05, 4.69) is 5.16 Å². The molecule has 0 saturated heterocycles. The van der Waals surface area contributed by atoms with Crippen LogP contribution in [0.3, 0.4) is 0 Å². The van der Waals surface area contributed by atoms with E-state index in [4.69, 9.17) is 4.52 Å². The van der Waals surface area contributed by atoms with Gasteiger partial charge in [0.15, 0.2) is 0 Å². The van der Waals surface area contributed by atoms with Crippen molar-refractivity contribution in [2.24, 2.45) is 0 Å². The van der Waals surface area contributed by atoms with Crippen LogP contribution in [0.4, 0.5) is 0 Å². The first-order valence-corrected chi connectivity index (χ1v) is 7.29. The zero-order chi connectivity index (χ0) is 14.8. The fourth-order valence-corrected chi connectivity index (χ4v) is 2.86. The Balaban J connectivity index is 1.95. The summed E-state index contributed by atoms with van der Waals surface area (Å²) >= 11 is 0. The van der Waals surface area contributed by atoms with Crippen molar-refractivity contribution in [1.82, 2.24) is 10.1 Å². The van der Waals surface area contributed by atoms with E-state index in [9.17, 15) is 9.90 Å². The summed E-state index contributed by atoms with van der Waals surface area (Å²) in [6.45, 7) is 4.21. The predicted molar refractivity (Wildman–Crippen MR) is 75.1 cm³/mol. The van der Waals surface area contributed by atoms with Gasteiger partial charge in [-0.25, -0.2) is 0 Å². The van der Waals surface area contributed by atoms with Crippen LogP contribution in [0, 0.1) is 13.8 Å². The summed E-state index contributed by atoms with van der Waals surface area (Å²) in [5.74, 6) is 0.730. The summed E-state index contributed by atoms with van der Waals surface area (Å²) in [5.41, 5.74) is 0.970. The second-order valence-electron chi connectivity index (χ2n) is 6.01. The number of aryl methyl sites for hydroxylation is 2. The molecule has 1 amide bonds. The van der Waals surface area contributed by atoms with Gasteiger partial charge in [-0.15, -0.1) is 0 Å². The van der Waals surface area contributed by atoms with Crippen LogP contribution in [0.2, 0.25) is 0 Å². The molecule has 2 rings (SSSR count). The van der Waals surface area contributed by atoms with Crippen LogP contribution < -0.4 is 0 Å². The number of hydrogen-bond acceptors (Lipinski definition) is 4. The standard InChI is InChI=1S/C15H24N2O3/c1-11-13(12(2)20-16-11)10-17(3)14(18)9-15(19)7-5-4-6-8-15/h19H,4-10H2,1-3H3. The number of aromatic nitrogens is 1. The number of carbonyl (C=O) groups excluding carboxylic acids is 1. The van der Waals surface area contributed by atoms with Gasteiger partial charge in [-0.2, -0.15) is 0 Å². The summed E-state index contributed by atoms with van der Waals surface area (Å²) in [5, 5.41) is 14.3. The van der Waals surface area contributed by atoms with E-state index in [1.165, 1.54) is 0 Å². The Kier molecular flexibility index (Phi) is 4.48. The quantitative estimate of drug-likeness (QED) is 0.919. The highest BCUT2D eigenvalue weighted by Crippen LogP contribution is 2.31. The molecule has 1 fully saturated rings. The van der Waals surface area contributed by atoms with Crippen molar-refractivity contribution < 1.29 is 14.4 Å². The van der Waals surface area contributed by atoms with Crippen molar-refractivity contribution in [3.8, 4) is 0 Å². The third kappa shape index (κ3) is 3.39. The Morgan fingerprint density at radius 3 is 2.55 bits per heavy atom. The van der Waals surface area contributed by atoms with Gasteiger partial charge in [0.25, 0.3) is 0 Å². The monoisotopic (exact) mass is 280 g/mol. The number of carbonyl (C=O) groups is 1. The molecular weight excluding hydrogens is 256 g/mol. The van der Waals surface area contributed by atoms with Gasteiger partial charge < -0.3 is 14.5 Å². The van der Waals surface area contributed by atoms with Crippen LogP contribution in [0.5, 0.6) is 0 Å². The Bertz CT molecular complexity index is 456. The third-order valence-corrected chi connectivity index (χ3v) is 4.27. The van der Waals surface area contributed by atoms with Crippen LogP contribution in [0.15, 0.2) is 4.52 Å². The minimum atomic E-state index is -0.803. The molecule has 1 aromatic rings. The number of aliphatic hydroxyl groups is 1. The Morgan fingerprint density at radius 1 is 1.35 bits per heavy atom. The van der Waals surface area contributed by atoms with Crippen molar-refractivity contribution in [1.29, 1.82) is 0 Å². The van der Waals surface area contributed by atoms with Gasteiger partial charge in [-0.3, -0.25) is 4.79 Å². The minimum Gasteiger partial charge on any atom is -0.389 e. The Labute approximate surface area is 119 Å². The van der Waals surface area contributed by atoms with Crippen molar-refractivity contribution in [2.45, 2.75) is 64.5 Å². The predicted octanol–water partition coefficient (Wildman–Crippen LogP) is 2.34. The Hall–Kier alpha value is -1.36. The summed E-state index contributed by atoms with van der Waals surface area (Å²) in [6, 6.07) is 0. The highest BCUT2D eigenvalue weighted by molar-refractivity contribution is 5.77. The van der Waals surface area contributed by atoms with Crippen LogP contribution in [-0.2, 0) is 11.3 Å². The largest absolute Gasteiger partial charge is 0.389 e. The highest BCUT2D eigenvalue weighted by atomic mass is 16.5.